The summed E-state index contributed by atoms with van der Waals surface area (Å²) in [7, 11) is 3.91. The number of carbonyl (C=O) groups excluding carboxylic acids is 1. The van der Waals surface area contributed by atoms with Gasteiger partial charge in [-0.15, -0.1) is 16.9 Å². The van der Waals surface area contributed by atoms with Gasteiger partial charge >= 0.3 is 0 Å². The fourth-order valence-corrected chi connectivity index (χ4v) is 4.53. The molecule has 2 aliphatic heterocycles. The van der Waals surface area contributed by atoms with Crippen molar-refractivity contribution in [3.05, 3.63) is 47.2 Å². The lowest BCUT2D eigenvalue weighted by Crippen LogP contribution is -2.41. The minimum absolute atomic E-state index is 0.00654. The number of amides is 1. The van der Waals surface area contributed by atoms with E-state index in [4.69, 9.17) is 0 Å². The molecule has 1 atom stereocenters. The third kappa shape index (κ3) is 2.75. The molecule has 0 radical (unpaired) electrons. The smallest absolute Gasteiger partial charge is 0.236 e. The third-order valence-electron chi connectivity index (χ3n) is 4.62. The second kappa shape index (κ2) is 6.09. The van der Waals surface area contributed by atoms with Crippen LogP contribution in [0.25, 0.3) is 0 Å². The maximum absolute atomic E-state index is 13.0. The first kappa shape index (κ1) is 15.4. The predicted octanol–water partition coefficient (Wildman–Crippen LogP) is 2.14. The van der Waals surface area contributed by atoms with Crippen molar-refractivity contribution in [3.63, 3.8) is 0 Å². The van der Waals surface area contributed by atoms with Gasteiger partial charge in [-0.05, 0) is 29.7 Å². The van der Waals surface area contributed by atoms with Crippen molar-refractivity contribution in [2.75, 3.05) is 25.5 Å². The largest absolute Gasteiger partial charge is 0.361 e. The Balaban J connectivity index is 1.50. The Morgan fingerprint density at radius 2 is 2.08 bits per heavy atom. The Morgan fingerprint density at radius 3 is 2.88 bits per heavy atom. The van der Waals surface area contributed by atoms with Crippen LogP contribution in [0.5, 0.6) is 0 Å². The van der Waals surface area contributed by atoms with Gasteiger partial charge in [-0.2, -0.15) is 5.10 Å². The maximum Gasteiger partial charge on any atom is 0.236 e. The Labute approximate surface area is 146 Å². The summed E-state index contributed by atoms with van der Waals surface area (Å²) in [5.41, 5.74) is 3.43. The molecule has 1 aromatic heterocycles. The molecule has 1 amide bonds. The van der Waals surface area contributed by atoms with Gasteiger partial charge in [-0.1, -0.05) is 18.2 Å². The summed E-state index contributed by atoms with van der Waals surface area (Å²) in [6.45, 7) is 1.37. The molecule has 0 saturated heterocycles. The van der Waals surface area contributed by atoms with E-state index in [1.54, 1.807) is 11.8 Å². The predicted molar refractivity (Wildman–Crippen MR) is 95.3 cm³/mol. The zero-order valence-corrected chi connectivity index (χ0v) is 14.7. The molecule has 0 aliphatic carbocycles. The van der Waals surface area contributed by atoms with Crippen LogP contribution >= 0.6 is 11.8 Å². The quantitative estimate of drug-likeness (QED) is 0.838. The first-order valence-electron chi connectivity index (χ1n) is 8.18. The molecule has 6 heteroatoms. The zero-order chi connectivity index (χ0) is 16.7. The zero-order valence-electron chi connectivity index (χ0n) is 13.9. The van der Waals surface area contributed by atoms with Crippen molar-refractivity contribution in [3.8, 4) is 0 Å². The topological polar surface area (TPSA) is 49.3 Å². The SMILES string of the molecule is CN(C)c1cc2c(nn1)CCN(C(=O)C1Cc3ccccc3S1)C2. The van der Waals surface area contributed by atoms with E-state index in [-0.39, 0.29) is 11.2 Å². The normalized spacial score (nSPS) is 18.9. The Bertz CT molecular complexity index is 767. The lowest BCUT2D eigenvalue weighted by molar-refractivity contribution is -0.131. The van der Waals surface area contributed by atoms with E-state index in [0.29, 0.717) is 6.54 Å². The molecule has 2 aliphatic rings. The van der Waals surface area contributed by atoms with E-state index in [2.05, 4.69) is 28.4 Å². The summed E-state index contributed by atoms with van der Waals surface area (Å²) in [6.07, 6.45) is 1.62. The second-order valence-corrected chi connectivity index (χ2v) is 7.74. The standard InChI is InChI=1S/C18H20N4OS/c1-21(2)17-10-13-11-22(8-7-14(13)19-20-17)18(23)16-9-12-5-3-4-6-15(12)24-16/h3-6,10,16H,7-9,11H2,1-2H3. The van der Waals surface area contributed by atoms with Crippen molar-refractivity contribution in [2.24, 2.45) is 0 Å². The van der Waals surface area contributed by atoms with E-state index >= 15 is 0 Å². The van der Waals surface area contributed by atoms with E-state index in [1.807, 2.05) is 36.0 Å². The van der Waals surface area contributed by atoms with Gasteiger partial charge in [0, 0.05) is 38.5 Å². The van der Waals surface area contributed by atoms with Crippen LogP contribution in [-0.4, -0.2) is 46.9 Å². The molecule has 1 aromatic carbocycles. The summed E-state index contributed by atoms with van der Waals surface area (Å²) in [4.78, 5) is 18.1. The number of hydrogen-bond donors (Lipinski definition) is 0. The minimum atomic E-state index is 0.00654. The van der Waals surface area contributed by atoms with Crippen molar-refractivity contribution in [1.29, 1.82) is 0 Å². The molecular formula is C18H20N4OS. The van der Waals surface area contributed by atoms with Gasteiger partial charge in [0.15, 0.2) is 5.82 Å². The molecule has 0 fully saturated rings. The van der Waals surface area contributed by atoms with E-state index < -0.39 is 0 Å². The molecule has 0 spiro atoms. The molecular weight excluding hydrogens is 320 g/mol. The summed E-state index contributed by atoms with van der Waals surface area (Å²) in [5.74, 6) is 1.08. The average molecular weight is 340 g/mol. The van der Waals surface area contributed by atoms with Crippen LogP contribution in [-0.2, 0) is 24.2 Å². The highest BCUT2D eigenvalue weighted by Crippen LogP contribution is 2.38. The fourth-order valence-electron chi connectivity index (χ4n) is 3.25. The molecule has 2 aromatic rings. The fraction of sp³-hybridized carbons (Fsp3) is 0.389. The van der Waals surface area contributed by atoms with Crippen molar-refractivity contribution in [1.82, 2.24) is 15.1 Å². The van der Waals surface area contributed by atoms with Gasteiger partial charge < -0.3 is 9.80 Å². The van der Waals surface area contributed by atoms with Gasteiger partial charge in [0.2, 0.25) is 5.91 Å². The average Bonchev–Trinajstić information content (AvgIpc) is 3.04. The van der Waals surface area contributed by atoms with E-state index in [1.165, 1.54) is 10.5 Å². The monoisotopic (exact) mass is 340 g/mol. The van der Waals surface area contributed by atoms with Gasteiger partial charge in [-0.3, -0.25) is 4.79 Å². The summed E-state index contributed by atoms with van der Waals surface area (Å²) in [5, 5.41) is 8.57. The lowest BCUT2D eigenvalue weighted by atomic mass is 10.0. The molecule has 0 bridgehead atoms. The van der Waals surface area contributed by atoms with Gasteiger partial charge in [0.05, 0.1) is 10.9 Å². The maximum atomic E-state index is 13.0. The molecule has 124 valence electrons. The summed E-state index contributed by atoms with van der Waals surface area (Å²) >= 11 is 1.70. The van der Waals surface area contributed by atoms with E-state index in [0.717, 1.165) is 36.5 Å². The van der Waals surface area contributed by atoms with Gasteiger partial charge in [0.25, 0.3) is 0 Å². The Morgan fingerprint density at radius 1 is 1.25 bits per heavy atom. The highest BCUT2D eigenvalue weighted by molar-refractivity contribution is 8.01. The number of thioether (sulfide) groups is 1. The first-order valence-corrected chi connectivity index (χ1v) is 9.06. The van der Waals surface area contributed by atoms with Crippen LogP contribution < -0.4 is 4.90 Å². The first-order chi connectivity index (χ1) is 11.6. The summed E-state index contributed by atoms with van der Waals surface area (Å²) in [6, 6.07) is 10.4. The molecule has 3 heterocycles. The molecule has 5 nitrogen and oxygen atoms in total. The Kier molecular flexibility index (Phi) is 3.92. The number of hydrogen-bond acceptors (Lipinski definition) is 5. The molecule has 1 unspecified atom stereocenters. The number of rotatable bonds is 2. The highest BCUT2D eigenvalue weighted by atomic mass is 32.2. The van der Waals surface area contributed by atoms with Crippen molar-refractivity contribution in [2.45, 2.75) is 29.5 Å². The molecule has 0 N–H and O–H groups in total. The molecule has 4 rings (SSSR count). The third-order valence-corrected chi connectivity index (χ3v) is 5.92. The van der Waals surface area contributed by atoms with Crippen LogP contribution in [0.15, 0.2) is 35.2 Å². The minimum Gasteiger partial charge on any atom is -0.361 e. The Hall–Kier alpha value is -2.08. The van der Waals surface area contributed by atoms with Gasteiger partial charge in [-0.25, -0.2) is 0 Å². The van der Waals surface area contributed by atoms with Crippen molar-refractivity contribution >= 4 is 23.5 Å². The number of benzene rings is 1. The number of carbonyl (C=O) groups is 1. The highest BCUT2D eigenvalue weighted by Gasteiger charge is 2.33. The number of nitrogens with zero attached hydrogens (tertiary/aromatic N) is 4. The van der Waals surface area contributed by atoms with E-state index in [9.17, 15) is 4.79 Å². The number of fused-ring (bicyclic) bond motifs is 2. The second-order valence-electron chi connectivity index (χ2n) is 6.50. The van der Waals surface area contributed by atoms with Crippen molar-refractivity contribution < 1.29 is 4.79 Å². The van der Waals surface area contributed by atoms with Crippen LogP contribution in [0.3, 0.4) is 0 Å². The molecule has 0 saturated carbocycles. The van der Waals surface area contributed by atoms with Crippen LogP contribution in [0.2, 0.25) is 0 Å². The van der Waals surface area contributed by atoms with Crippen LogP contribution in [0.4, 0.5) is 5.82 Å². The number of aromatic nitrogens is 2. The lowest BCUT2D eigenvalue weighted by Gasteiger charge is -2.30. The molecule has 24 heavy (non-hydrogen) atoms. The van der Waals surface area contributed by atoms with Crippen LogP contribution in [0, 0.1) is 0 Å². The van der Waals surface area contributed by atoms with Gasteiger partial charge in [0.1, 0.15) is 0 Å². The summed E-state index contributed by atoms with van der Waals surface area (Å²) < 4.78 is 0. The van der Waals surface area contributed by atoms with Crippen LogP contribution in [0.1, 0.15) is 16.8 Å². The number of anilines is 1.